The molecule has 0 saturated heterocycles. The Hall–Kier alpha value is -2.12. The zero-order valence-corrected chi connectivity index (χ0v) is 14.2. The van der Waals surface area contributed by atoms with Crippen molar-refractivity contribution in [1.29, 1.82) is 0 Å². The first kappa shape index (κ1) is 17.2. The van der Waals surface area contributed by atoms with Gasteiger partial charge in [-0.1, -0.05) is 12.1 Å². The SMILES string of the molecule is CCOc1cccc(C(C)Nc2ccc(S(=O)(=O)NC)cn2)c1. The number of nitrogens with one attached hydrogen (secondary N) is 2. The van der Waals surface area contributed by atoms with Gasteiger partial charge in [-0.3, -0.25) is 0 Å². The van der Waals surface area contributed by atoms with Crippen LogP contribution in [0.5, 0.6) is 5.75 Å². The molecule has 0 radical (unpaired) electrons. The number of hydrogen-bond acceptors (Lipinski definition) is 5. The summed E-state index contributed by atoms with van der Waals surface area (Å²) in [6.07, 6.45) is 1.33. The largest absolute Gasteiger partial charge is 0.494 e. The zero-order chi connectivity index (χ0) is 16.9. The van der Waals surface area contributed by atoms with Crippen molar-refractivity contribution in [2.75, 3.05) is 19.0 Å². The van der Waals surface area contributed by atoms with Gasteiger partial charge in [-0.2, -0.15) is 0 Å². The summed E-state index contributed by atoms with van der Waals surface area (Å²) in [6, 6.07) is 11.0. The first-order valence-electron chi connectivity index (χ1n) is 7.35. The molecule has 2 N–H and O–H groups in total. The number of anilines is 1. The Morgan fingerprint density at radius 2 is 2.04 bits per heavy atom. The molecule has 1 atom stereocenters. The highest BCUT2D eigenvalue weighted by Gasteiger charge is 2.12. The summed E-state index contributed by atoms with van der Waals surface area (Å²) in [7, 11) is -2.09. The maximum atomic E-state index is 11.7. The summed E-state index contributed by atoms with van der Waals surface area (Å²) < 4.78 is 31.1. The Balaban J connectivity index is 2.11. The van der Waals surface area contributed by atoms with Gasteiger partial charge in [0.25, 0.3) is 0 Å². The van der Waals surface area contributed by atoms with Crippen LogP contribution in [0.3, 0.4) is 0 Å². The zero-order valence-electron chi connectivity index (χ0n) is 13.4. The first-order chi connectivity index (χ1) is 11.0. The lowest BCUT2D eigenvalue weighted by Crippen LogP contribution is -2.18. The predicted octanol–water partition coefficient (Wildman–Crippen LogP) is 2.56. The maximum absolute atomic E-state index is 11.7. The van der Waals surface area contributed by atoms with E-state index in [-0.39, 0.29) is 10.9 Å². The smallest absolute Gasteiger partial charge is 0.241 e. The average Bonchev–Trinajstić information content (AvgIpc) is 2.56. The van der Waals surface area contributed by atoms with E-state index in [2.05, 4.69) is 15.0 Å². The van der Waals surface area contributed by atoms with Crippen molar-refractivity contribution in [3.63, 3.8) is 0 Å². The third-order valence-electron chi connectivity index (χ3n) is 3.35. The van der Waals surface area contributed by atoms with E-state index in [0.29, 0.717) is 12.4 Å². The molecule has 0 aliphatic heterocycles. The summed E-state index contributed by atoms with van der Waals surface area (Å²) in [5, 5.41) is 3.24. The van der Waals surface area contributed by atoms with E-state index in [1.807, 2.05) is 38.1 Å². The number of ether oxygens (including phenoxy) is 1. The van der Waals surface area contributed by atoms with Gasteiger partial charge in [0.05, 0.1) is 12.6 Å². The minimum Gasteiger partial charge on any atom is -0.494 e. The van der Waals surface area contributed by atoms with Gasteiger partial charge in [-0.15, -0.1) is 0 Å². The monoisotopic (exact) mass is 335 g/mol. The molecule has 1 heterocycles. The molecule has 2 rings (SSSR count). The molecular weight excluding hydrogens is 314 g/mol. The van der Waals surface area contributed by atoms with Gasteiger partial charge in [0.15, 0.2) is 0 Å². The highest BCUT2D eigenvalue weighted by Crippen LogP contribution is 2.22. The molecule has 0 aliphatic carbocycles. The fourth-order valence-corrected chi connectivity index (χ4v) is 2.76. The quantitative estimate of drug-likeness (QED) is 0.813. The molecule has 0 amide bonds. The number of hydrogen-bond donors (Lipinski definition) is 2. The Morgan fingerprint density at radius 1 is 1.26 bits per heavy atom. The average molecular weight is 335 g/mol. The number of pyridine rings is 1. The summed E-state index contributed by atoms with van der Waals surface area (Å²) >= 11 is 0. The van der Waals surface area contributed by atoms with Crippen molar-refractivity contribution in [1.82, 2.24) is 9.71 Å². The topological polar surface area (TPSA) is 80.3 Å². The molecular formula is C16H21N3O3S. The number of sulfonamides is 1. The Labute approximate surface area is 137 Å². The molecule has 23 heavy (non-hydrogen) atoms. The molecule has 0 saturated carbocycles. The van der Waals surface area contributed by atoms with Crippen molar-refractivity contribution in [2.45, 2.75) is 24.8 Å². The predicted molar refractivity (Wildman–Crippen MR) is 90.1 cm³/mol. The van der Waals surface area contributed by atoms with E-state index < -0.39 is 10.0 Å². The van der Waals surface area contributed by atoms with Gasteiger partial charge in [0, 0.05) is 6.20 Å². The van der Waals surface area contributed by atoms with Crippen molar-refractivity contribution in [2.24, 2.45) is 0 Å². The Bertz CT molecular complexity index is 745. The van der Waals surface area contributed by atoms with Crippen molar-refractivity contribution in [3.05, 3.63) is 48.2 Å². The van der Waals surface area contributed by atoms with E-state index in [4.69, 9.17) is 4.74 Å². The summed E-state index contributed by atoms with van der Waals surface area (Å²) in [5.41, 5.74) is 1.06. The lowest BCUT2D eigenvalue weighted by atomic mass is 10.1. The number of benzene rings is 1. The maximum Gasteiger partial charge on any atom is 0.241 e. The van der Waals surface area contributed by atoms with Crippen molar-refractivity contribution in [3.8, 4) is 5.75 Å². The number of aromatic nitrogens is 1. The highest BCUT2D eigenvalue weighted by atomic mass is 32.2. The summed E-state index contributed by atoms with van der Waals surface area (Å²) in [4.78, 5) is 4.29. The van der Waals surface area contributed by atoms with E-state index in [0.717, 1.165) is 11.3 Å². The Morgan fingerprint density at radius 3 is 2.65 bits per heavy atom. The highest BCUT2D eigenvalue weighted by molar-refractivity contribution is 7.89. The molecule has 1 aromatic heterocycles. The number of rotatable bonds is 7. The van der Waals surface area contributed by atoms with Crippen molar-refractivity contribution >= 4 is 15.8 Å². The molecule has 1 unspecified atom stereocenters. The van der Waals surface area contributed by atoms with Gasteiger partial charge in [0.1, 0.15) is 16.5 Å². The normalized spacial score (nSPS) is 12.7. The van der Waals surface area contributed by atoms with E-state index in [1.165, 1.54) is 19.3 Å². The third kappa shape index (κ3) is 4.43. The second-order valence-corrected chi connectivity index (χ2v) is 6.84. The summed E-state index contributed by atoms with van der Waals surface area (Å²) in [5.74, 6) is 1.43. The molecule has 0 fully saturated rings. The first-order valence-corrected chi connectivity index (χ1v) is 8.83. The van der Waals surface area contributed by atoms with Gasteiger partial charge >= 0.3 is 0 Å². The van der Waals surface area contributed by atoms with Crippen LogP contribution in [0.2, 0.25) is 0 Å². The minimum absolute atomic E-state index is 0.00895. The van der Waals surface area contributed by atoms with Crippen LogP contribution in [-0.4, -0.2) is 27.1 Å². The lowest BCUT2D eigenvalue weighted by molar-refractivity contribution is 0.340. The van der Waals surface area contributed by atoms with Gasteiger partial charge in [-0.05, 0) is 50.7 Å². The fraction of sp³-hybridized carbons (Fsp3) is 0.312. The van der Waals surface area contributed by atoms with Crippen LogP contribution in [0.1, 0.15) is 25.5 Å². The third-order valence-corrected chi connectivity index (χ3v) is 4.75. The molecule has 1 aromatic carbocycles. The van der Waals surface area contributed by atoms with Crippen LogP contribution >= 0.6 is 0 Å². The lowest BCUT2D eigenvalue weighted by Gasteiger charge is -2.16. The molecule has 0 spiro atoms. The molecule has 0 bridgehead atoms. The molecule has 0 aliphatic rings. The second-order valence-electron chi connectivity index (χ2n) is 4.96. The molecule has 124 valence electrons. The van der Waals surface area contributed by atoms with Crippen LogP contribution < -0.4 is 14.8 Å². The minimum atomic E-state index is -3.46. The van der Waals surface area contributed by atoms with Crippen LogP contribution in [0, 0.1) is 0 Å². The van der Waals surface area contributed by atoms with Gasteiger partial charge < -0.3 is 10.1 Å². The second kappa shape index (κ2) is 7.43. The molecule has 2 aromatic rings. The van der Waals surface area contributed by atoms with Crippen LogP contribution in [-0.2, 0) is 10.0 Å². The van der Waals surface area contributed by atoms with Gasteiger partial charge in [0.2, 0.25) is 10.0 Å². The van der Waals surface area contributed by atoms with Crippen LogP contribution in [0.15, 0.2) is 47.5 Å². The molecule has 7 heteroatoms. The molecule has 6 nitrogen and oxygen atoms in total. The van der Waals surface area contributed by atoms with E-state index >= 15 is 0 Å². The van der Waals surface area contributed by atoms with E-state index in [9.17, 15) is 8.42 Å². The summed E-state index contributed by atoms with van der Waals surface area (Å²) in [6.45, 7) is 4.57. The fourth-order valence-electron chi connectivity index (χ4n) is 2.09. The standard InChI is InChI=1S/C16H21N3O3S/c1-4-22-14-7-5-6-13(10-14)12(2)19-16-9-8-15(11-18-16)23(20,21)17-3/h5-12,17H,4H2,1-3H3,(H,18,19). The van der Waals surface area contributed by atoms with Crippen LogP contribution in [0.4, 0.5) is 5.82 Å². The van der Waals surface area contributed by atoms with E-state index in [1.54, 1.807) is 6.07 Å². The van der Waals surface area contributed by atoms with Crippen LogP contribution in [0.25, 0.3) is 0 Å². The van der Waals surface area contributed by atoms with Crippen molar-refractivity contribution < 1.29 is 13.2 Å². The number of nitrogens with zero attached hydrogens (tertiary/aromatic N) is 1. The van der Waals surface area contributed by atoms with Gasteiger partial charge in [-0.25, -0.2) is 18.1 Å². The Kier molecular flexibility index (Phi) is 5.57.